The van der Waals surface area contributed by atoms with Crippen molar-refractivity contribution in [2.75, 3.05) is 0 Å². The third kappa shape index (κ3) is 2.78. The van der Waals surface area contributed by atoms with Crippen LogP contribution in [0.2, 0.25) is 0 Å². The number of allylic oxidation sites excluding steroid dienone is 2. The van der Waals surface area contributed by atoms with Gasteiger partial charge >= 0.3 is 12.1 Å². The van der Waals surface area contributed by atoms with Crippen molar-refractivity contribution >= 4 is 5.78 Å². The molecule has 0 unspecified atom stereocenters. The summed E-state index contributed by atoms with van der Waals surface area (Å²) in [6.45, 7) is 2.51. The first-order chi connectivity index (χ1) is 5.59. The molecule has 0 aliphatic rings. The molecule has 0 aromatic heterocycles. The predicted molar refractivity (Wildman–Crippen MR) is 35.4 cm³/mol. The minimum atomic E-state index is -5.82. The van der Waals surface area contributed by atoms with Crippen molar-refractivity contribution in [3.05, 3.63) is 11.6 Å². The smallest absolute Gasteiger partial charge is 0.288 e. The zero-order chi connectivity index (χ0) is 10.9. The van der Waals surface area contributed by atoms with E-state index in [-0.39, 0.29) is 11.6 Å². The first-order valence-electron chi connectivity index (χ1n) is 3.23. The second-order valence-corrected chi connectivity index (χ2v) is 2.66. The van der Waals surface area contributed by atoms with Crippen LogP contribution >= 0.6 is 0 Å². The molecule has 0 fully saturated rings. The summed E-state index contributed by atoms with van der Waals surface area (Å²) in [6.07, 6.45) is -5.55. The molecule has 76 valence electrons. The average Bonchev–Trinajstić information content (AvgIpc) is 1.82. The predicted octanol–water partition coefficient (Wildman–Crippen LogP) is 2.72. The number of halogens is 5. The fourth-order valence-corrected chi connectivity index (χ4v) is 0.493. The molecule has 0 aromatic carbocycles. The summed E-state index contributed by atoms with van der Waals surface area (Å²) in [5, 5.41) is 0. The quantitative estimate of drug-likeness (QED) is 0.497. The van der Waals surface area contributed by atoms with Gasteiger partial charge in [-0.25, -0.2) is 0 Å². The van der Waals surface area contributed by atoms with Gasteiger partial charge in [-0.1, -0.05) is 5.57 Å². The van der Waals surface area contributed by atoms with Crippen LogP contribution in [0.1, 0.15) is 13.8 Å². The largest absolute Gasteiger partial charge is 0.461 e. The third-order valence-corrected chi connectivity index (χ3v) is 1.09. The number of carbonyl (C=O) groups is 1. The van der Waals surface area contributed by atoms with Crippen molar-refractivity contribution in [3.8, 4) is 0 Å². The molecule has 0 atom stereocenters. The number of hydrogen-bond acceptors (Lipinski definition) is 1. The van der Waals surface area contributed by atoms with Crippen LogP contribution in [-0.2, 0) is 4.79 Å². The summed E-state index contributed by atoms with van der Waals surface area (Å²) in [6, 6.07) is 0. The van der Waals surface area contributed by atoms with Gasteiger partial charge in [0.1, 0.15) is 0 Å². The van der Waals surface area contributed by atoms with Crippen molar-refractivity contribution in [1.29, 1.82) is 0 Å². The standard InChI is InChI=1S/C7H7F5O/c1-4(2)3-5(13)6(8,9)7(10,11)12/h3H,1-2H3. The van der Waals surface area contributed by atoms with E-state index >= 15 is 0 Å². The Bertz CT molecular complexity index is 234. The van der Waals surface area contributed by atoms with Crippen LogP contribution in [0.25, 0.3) is 0 Å². The van der Waals surface area contributed by atoms with Crippen molar-refractivity contribution < 1.29 is 26.7 Å². The van der Waals surface area contributed by atoms with Gasteiger partial charge in [0, 0.05) is 0 Å². The van der Waals surface area contributed by atoms with Gasteiger partial charge in [0.15, 0.2) is 0 Å². The van der Waals surface area contributed by atoms with Gasteiger partial charge in [-0.2, -0.15) is 22.0 Å². The molecule has 0 radical (unpaired) electrons. The van der Waals surface area contributed by atoms with Gasteiger partial charge in [-0.15, -0.1) is 0 Å². The molecule has 0 aromatic rings. The highest BCUT2D eigenvalue weighted by atomic mass is 19.4. The Morgan fingerprint density at radius 3 is 1.69 bits per heavy atom. The van der Waals surface area contributed by atoms with E-state index in [0.29, 0.717) is 0 Å². The summed E-state index contributed by atoms with van der Waals surface area (Å²) >= 11 is 0. The molecule has 1 nitrogen and oxygen atoms in total. The van der Waals surface area contributed by atoms with E-state index in [1.165, 1.54) is 13.8 Å². The Morgan fingerprint density at radius 2 is 1.46 bits per heavy atom. The fourth-order valence-electron chi connectivity index (χ4n) is 0.493. The zero-order valence-electron chi connectivity index (χ0n) is 6.88. The lowest BCUT2D eigenvalue weighted by atomic mass is 10.1. The zero-order valence-corrected chi connectivity index (χ0v) is 6.88. The lowest BCUT2D eigenvalue weighted by Crippen LogP contribution is -2.43. The maximum absolute atomic E-state index is 12.2. The van der Waals surface area contributed by atoms with Crippen LogP contribution < -0.4 is 0 Å². The SMILES string of the molecule is CC(C)=CC(=O)C(F)(F)C(F)(F)F. The molecule has 0 amide bonds. The van der Waals surface area contributed by atoms with Gasteiger partial charge in [-0.3, -0.25) is 4.79 Å². The van der Waals surface area contributed by atoms with Gasteiger partial charge < -0.3 is 0 Å². The molecule has 6 heteroatoms. The molecule has 0 aliphatic carbocycles. The van der Waals surface area contributed by atoms with E-state index in [2.05, 4.69) is 0 Å². The summed E-state index contributed by atoms with van der Waals surface area (Å²) in [7, 11) is 0. The first kappa shape index (κ1) is 12.1. The van der Waals surface area contributed by atoms with E-state index in [4.69, 9.17) is 0 Å². The molecule has 0 aliphatic heterocycles. The molecule has 0 saturated heterocycles. The number of rotatable bonds is 2. The Kier molecular flexibility index (Phi) is 3.18. The average molecular weight is 202 g/mol. The lowest BCUT2D eigenvalue weighted by Gasteiger charge is -2.16. The van der Waals surface area contributed by atoms with Crippen LogP contribution in [0, 0.1) is 0 Å². The van der Waals surface area contributed by atoms with E-state index < -0.39 is 17.9 Å². The van der Waals surface area contributed by atoms with Gasteiger partial charge in [-0.05, 0) is 19.9 Å². The summed E-state index contributed by atoms with van der Waals surface area (Å²) < 4.78 is 58.9. The molecular formula is C7H7F5O. The van der Waals surface area contributed by atoms with E-state index in [9.17, 15) is 26.7 Å². The minimum absolute atomic E-state index is 0.0916. The van der Waals surface area contributed by atoms with E-state index in [1.54, 1.807) is 0 Å². The van der Waals surface area contributed by atoms with Crippen molar-refractivity contribution in [2.24, 2.45) is 0 Å². The highest BCUT2D eigenvalue weighted by Gasteiger charge is 2.62. The van der Waals surface area contributed by atoms with Gasteiger partial charge in [0.2, 0.25) is 5.78 Å². The fraction of sp³-hybridized carbons (Fsp3) is 0.571. The monoisotopic (exact) mass is 202 g/mol. The molecule has 13 heavy (non-hydrogen) atoms. The van der Waals surface area contributed by atoms with E-state index in [1.807, 2.05) is 0 Å². The first-order valence-corrected chi connectivity index (χ1v) is 3.23. The molecule has 0 spiro atoms. The lowest BCUT2D eigenvalue weighted by molar-refractivity contribution is -0.266. The van der Waals surface area contributed by atoms with Crippen LogP contribution in [0.3, 0.4) is 0 Å². The van der Waals surface area contributed by atoms with Crippen molar-refractivity contribution in [1.82, 2.24) is 0 Å². The summed E-state index contributed by atoms with van der Waals surface area (Å²) in [5.74, 6) is -7.52. The summed E-state index contributed by atoms with van der Waals surface area (Å²) in [5.41, 5.74) is 0.0916. The topological polar surface area (TPSA) is 17.1 Å². The normalized spacial score (nSPS) is 12.5. The van der Waals surface area contributed by atoms with E-state index in [0.717, 1.165) is 0 Å². The Labute approximate surface area is 71.2 Å². The number of ketones is 1. The molecule has 0 heterocycles. The molecule has 0 rings (SSSR count). The van der Waals surface area contributed by atoms with Crippen LogP contribution in [-0.4, -0.2) is 17.9 Å². The van der Waals surface area contributed by atoms with Crippen molar-refractivity contribution in [3.63, 3.8) is 0 Å². The Hall–Kier alpha value is -0.940. The highest BCUT2D eigenvalue weighted by molar-refractivity contribution is 5.96. The van der Waals surface area contributed by atoms with Crippen LogP contribution in [0.5, 0.6) is 0 Å². The van der Waals surface area contributed by atoms with Gasteiger partial charge in [0.25, 0.3) is 0 Å². The van der Waals surface area contributed by atoms with Gasteiger partial charge in [0.05, 0.1) is 0 Å². The molecule has 0 N–H and O–H groups in total. The van der Waals surface area contributed by atoms with Crippen LogP contribution in [0.4, 0.5) is 22.0 Å². The maximum atomic E-state index is 12.2. The second-order valence-electron chi connectivity index (χ2n) is 2.66. The Balaban J connectivity index is 4.87. The number of hydrogen-bond donors (Lipinski definition) is 0. The molecule has 0 bridgehead atoms. The highest BCUT2D eigenvalue weighted by Crippen LogP contribution is 2.36. The second kappa shape index (κ2) is 3.43. The molecule has 0 saturated carbocycles. The van der Waals surface area contributed by atoms with Crippen molar-refractivity contribution in [2.45, 2.75) is 25.9 Å². The third-order valence-electron chi connectivity index (χ3n) is 1.09. The minimum Gasteiger partial charge on any atom is -0.288 e. The number of alkyl halides is 5. The number of carbonyl (C=O) groups excluding carboxylic acids is 1. The summed E-state index contributed by atoms with van der Waals surface area (Å²) in [4.78, 5) is 10.4. The Morgan fingerprint density at radius 1 is 1.08 bits per heavy atom. The van der Waals surface area contributed by atoms with Crippen LogP contribution in [0.15, 0.2) is 11.6 Å². The molecular weight excluding hydrogens is 195 g/mol. The maximum Gasteiger partial charge on any atom is 0.461 e.